The minimum absolute atomic E-state index is 0.00256. The molecule has 33 heavy (non-hydrogen) atoms. The number of nitriles is 1. The van der Waals surface area contributed by atoms with E-state index in [-0.39, 0.29) is 28.6 Å². The van der Waals surface area contributed by atoms with Crippen LogP contribution in [0.4, 0.5) is 5.13 Å². The number of carbonyl (C=O) groups excluding carboxylic acids is 1. The van der Waals surface area contributed by atoms with Crippen molar-refractivity contribution in [3.8, 4) is 17.6 Å². The zero-order chi connectivity index (χ0) is 23.8. The van der Waals surface area contributed by atoms with Crippen molar-refractivity contribution in [1.29, 1.82) is 5.26 Å². The Bertz CT molecular complexity index is 1310. The monoisotopic (exact) mass is 484 g/mol. The molecular weight excluding hydrogens is 464 g/mol. The van der Waals surface area contributed by atoms with Crippen LogP contribution in [0.2, 0.25) is 0 Å². The third kappa shape index (κ3) is 6.15. The Hall–Kier alpha value is -3.75. The first-order chi connectivity index (χ1) is 15.9. The molecule has 1 amide bonds. The van der Waals surface area contributed by atoms with Gasteiger partial charge in [-0.3, -0.25) is 10.1 Å². The molecule has 0 aliphatic rings. The lowest BCUT2D eigenvalue weighted by atomic mass is 10.1. The normalized spacial score (nSPS) is 11.5. The van der Waals surface area contributed by atoms with Gasteiger partial charge in [0.1, 0.15) is 21.5 Å². The van der Waals surface area contributed by atoms with Crippen molar-refractivity contribution in [2.75, 3.05) is 11.9 Å². The number of nitrogens with one attached hydrogen (secondary N) is 1. The van der Waals surface area contributed by atoms with Crippen LogP contribution < -0.4 is 14.2 Å². The summed E-state index contributed by atoms with van der Waals surface area (Å²) in [5.41, 5.74) is 0.275. The Morgan fingerprint density at radius 1 is 1.15 bits per heavy atom. The van der Waals surface area contributed by atoms with Gasteiger partial charge in [-0.05, 0) is 49.2 Å². The van der Waals surface area contributed by atoms with Gasteiger partial charge in [-0.15, -0.1) is 10.2 Å². The van der Waals surface area contributed by atoms with Crippen LogP contribution >= 0.6 is 11.3 Å². The maximum Gasteiger partial charge on any atom is 0.339 e. The third-order valence-corrected chi connectivity index (χ3v) is 6.40. The maximum absolute atomic E-state index is 12.6. The largest absolute Gasteiger partial charge is 0.490 e. The van der Waals surface area contributed by atoms with Crippen LogP contribution in [-0.4, -0.2) is 31.1 Å². The van der Waals surface area contributed by atoms with E-state index in [1.165, 1.54) is 47.7 Å². The Balaban J connectivity index is 1.85. The lowest BCUT2D eigenvalue weighted by molar-refractivity contribution is -0.112. The molecule has 0 unspecified atom stereocenters. The predicted molar refractivity (Wildman–Crippen MR) is 123 cm³/mol. The van der Waals surface area contributed by atoms with Crippen LogP contribution in [0, 0.1) is 11.3 Å². The molecule has 0 atom stereocenters. The van der Waals surface area contributed by atoms with E-state index in [0.717, 1.165) is 5.01 Å². The SMILES string of the molecule is CCOc1cc(C=C(C#N)C(=O)Nc2nnc(CC)s2)ccc1OS(=O)(=O)c1ccccc1. The van der Waals surface area contributed by atoms with Crippen molar-refractivity contribution < 1.29 is 22.1 Å². The molecule has 0 fully saturated rings. The topological polar surface area (TPSA) is 131 Å². The molecule has 170 valence electrons. The van der Waals surface area contributed by atoms with Crippen LogP contribution in [-0.2, 0) is 21.3 Å². The number of benzene rings is 2. The van der Waals surface area contributed by atoms with Crippen molar-refractivity contribution in [3.05, 3.63) is 64.7 Å². The van der Waals surface area contributed by atoms with E-state index in [1.54, 1.807) is 25.1 Å². The molecule has 0 aliphatic carbocycles. The number of hydrogen-bond donors (Lipinski definition) is 1. The number of rotatable bonds is 9. The molecule has 0 bridgehead atoms. The van der Waals surface area contributed by atoms with E-state index >= 15 is 0 Å². The highest BCUT2D eigenvalue weighted by atomic mass is 32.2. The van der Waals surface area contributed by atoms with Gasteiger partial charge in [0.2, 0.25) is 5.13 Å². The molecule has 0 saturated carbocycles. The first-order valence-electron chi connectivity index (χ1n) is 9.88. The van der Waals surface area contributed by atoms with E-state index in [4.69, 9.17) is 8.92 Å². The van der Waals surface area contributed by atoms with Gasteiger partial charge in [-0.2, -0.15) is 13.7 Å². The van der Waals surface area contributed by atoms with Crippen molar-refractivity contribution in [2.24, 2.45) is 0 Å². The molecule has 0 spiro atoms. The highest BCUT2D eigenvalue weighted by Gasteiger charge is 2.19. The second-order valence-corrected chi connectivity index (χ2v) is 9.08. The highest BCUT2D eigenvalue weighted by Crippen LogP contribution is 2.32. The smallest absolute Gasteiger partial charge is 0.339 e. The Labute approximate surface area is 195 Å². The predicted octanol–water partition coefficient (Wildman–Crippen LogP) is 3.81. The van der Waals surface area contributed by atoms with Crippen LogP contribution in [0.15, 0.2) is 59.0 Å². The summed E-state index contributed by atoms with van der Waals surface area (Å²) in [4.78, 5) is 12.5. The number of aryl methyl sites for hydroxylation is 1. The van der Waals surface area contributed by atoms with Gasteiger partial charge >= 0.3 is 10.1 Å². The second kappa shape index (κ2) is 10.7. The van der Waals surface area contributed by atoms with Crippen molar-refractivity contribution >= 4 is 38.6 Å². The number of anilines is 1. The summed E-state index contributed by atoms with van der Waals surface area (Å²) in [5, 5.41) is 20.8. The molecule has 11 heteroatoms. The number of amides is 1. The van der Waals surface area contributed by atoms with Crippen LogP contribution in [0.25, 0.3) is 6.08 Å². The van der Waals surface area contributed by atoms with Crippen molar-refractivity contribution in [2.45, 2.75) is 25.2 Å². The number of carbonyl (C=O) groups is 1. The summed E-state index contributed by atoms with van der Waals surface area (Å²) in [6, 6.07) is 14.0. The van der Waals surface area contributed by atoms with Gasteiger partial charge in [0.25, 0.3) is 5.91 Å². The van der Waals surface area contributed by atoms with E-state index in [1.807, 2.05) is 13.0 Å². The number of aromatic nitrogens is 2. The summed E-state index contributed by atoms with van der Waals surface area (Å²) < 4.78 is 35.9. The number of ether oxygens (including phenoxy) is 1. The average Bonchev–Trinajstić information content (AvgIpc) is 3.27. The molecule has 3 aromatic rings. The molecule has 2 aromatic carbocycles. The lowest BCUT2D eigenvalue weighted by Gasteiger charge is -2.12. The zero-order valence-corrected chi connectivity index (χ0v) is 19.4. The van der Waals surface area contributed by atoms with E-state index in [0.29, 0.717) is 17.1 Å². The minimum Gasteiger partial charge on any atom is -0.490 e. The average molecular weight is 485 g/mol. The Morgan fingerprint density at radius 3 is 2.55 bits per heavy atom. The van der Waals surface area contributed by atoms with E-state index < -0.39 is 16.0 Å². The standard InChI is InChI=1S/C22H20N4O5S2/c1-3-20-25-26-22(32-20)24-21(27)16(14-23)12-15-10-11-18(19(13-15)30-4-2)31-33(28,29)17-8-6-5-7-9-17/h5-13H,3-4H2,1-2H3,(H,24,26,27). The quantitative estimate of drug-likeness (QED) is 0.275. The molecule has 0 aliphatic heterocycles. The Kier molecular flexibility index (Phi) is 7.76. The molecule has 0 saturated heterocycles. The summed E-state index contributed by atoms with van der Waals surface area (Å²) in [5.74, 6) is -0.497. The molecule has 1 N–H and O–H groups in total. The number of nitrogens with zero attached hydrogens (tertiary/aromatic N) is 3. The first kappa shape index (κ1) is 23.9. The fourth-order valence-corrected chi connectivity index (χ4v) is 4.27. The van der Waals surface area contributed by atoms with Crippen molar-refractivity contribution in [3.63, 3.8) is 0 Å². The zero-order valence-electron chi connectivity index (χ0n) is 17.8. The highest BCUT2D eigenvalue weighted by molar-refractivity contribution is 7.87. The van der Waals surface area contributed by atoms with Gasteiger partial charge in [0.05, 0.1) is 6.61 Å². The fourth-order valence-electron chi connectivity index (χ4n) is 2.63. The van der Waals surface area contributed by atoms with Gasteiger partial charge in [-0.1, -0.05) is 42.5 Å². The molecule has 3 rings (SSSR count). The number of hydrogen-bond acceptors (Lipinski definition) is 9. The molecule has 1 aromatic heterocycles. The van der Waals surface area contributed by atoms with E-state index in [2.05, 4.69) is 15.5 Å². The maximum atomic E-state index is 12.6. The first-order valence-corrected chi connectivity index (χ1v) is 12.1. The van der Waals surface area contributed by atoms with Gasteiger partial charge in [0.15, 0.2) is 11.5 Å². The van der Waals surface area contributed by atoms with Crippen molar-refractivity contribution in [1.82, 2.24) is 10.2 Å². The minimum atomic E-state index is -4.07. The van der Waals surface area contributed by atoms with E-state index in [9.17, 15) is 18.5 Å². The molecule has 0 radical (unpaired) electrons. The third-order valence-electron chi connectivity index (χ3n) is 4.16. The summed E-state index contributed by atoms with van der Waals surface area (Å²) in [7, 11) is -4.07. The molecular formula is C22H20N4O5S2. The van der Waals surface area contributed by atoms with Crippen LogP contribution in [0.5, 0.6) is 11.5 Å². The van der Waals surface area contributed by atoms with Crippen LogP contribution in [0.3, 0.4) is 0 Å². The summed E-state index contributed by atoms with van der Waals surface area (Å²) in [6.45, 7) is 3.90. The van der Waals surface area contributed by atoms with Gasteiger partial charge in [-0.25, -0.2) is 0 Å². The molecule has 1 heterocycles. The lowest BCUT2D eigenvalue weighted by Crippen LogP contribution is -2.13. The Morgan fingerprint density at radius 2 is 1.91 bits per heavy atom. The summed E-state index contributed by atoms with van der Waals surface area (Å²) >= 11 is 1.23. The molecule has 9 nitrogen and oxygen atoms in total. The summed E-state index contributed by atoms with van der Waals surface area (Å²) in [6.07, 6.45) is 2.04. The van der Waals surface area contributed by atoms with Gasteiger partial charge in [0, 0.05) is 0 Å². The fraction of sp³-hybridized carbons (Fsp3) is 0.182. The second-order valence-electron chi connectivity index (χ2n) is 6.47. The van der Waals surface area contributed by atoms with Crippen LogP contribution in [0.1, 0.15) is 24.4 Å². The van der Waals surface area contributed by atoms with Gasteiger partial charge < -0.3 is 8.92 Å².